The second kappa shape index (κ2) is 9.99. The maximum Gasteiger partial charge on any atom is 0.332 e. The fourth-order valence-electron chi connectivity index (χ4n) is 3.00. The molecule has 1 unspecified atom stereocenters. The minimum atomic E-state index is -0.598. The Balaban J connectivity index is 1.64. The van der Waals surface area contributed by atoms with E-state index < -0.39 is 17.8 Å². The molecule has 0 saturated heterocycles. The Hall–Kier alpha value is -3.52. The molecule has 3 rings (SSSR count). The molecule has 0 saturated carbocycles. The summed E-state index contributed by atoms with van der Waals surface area (Å²) in [6.45, 7) is 1.85. The van der Waals surface area contributed by atoms with Crippen LogP contribution in [0.15, 0.2) is 72.8 Å². The number of hydrogen-bond acceptors (Lipinski definition) is 4. The molecule has 8 heteroatoms. The van der Waals surface area contributed by atoms with Crippen molar-refractivity contribution in [2.45, 2.75) is 13.0 Å². The summed E-state index contributed by atoms with van der Waals surface area (Å²) in [6, 6.07) is 18.9. The summed E-state index contributed by atoms with van der Waals surface area (Å²) in [4.78, 5) is 24.8. The van der Waals surface area contributed by atoms with Crippen LogP contribution < -0.4 is 19.7 Å². The number of nitrogens with zero attached hydrogens (tertiary/aromatic N) is 1. The molecule has 160 valence electrons. The molecule has 2 N–H and O–H groups in total. The van der Waals surface area contributed by atoms with Crippen LogP contribution in [-0.4, -0.2) is 19.0 Å². The molecule has 3 aromatic carbocycles. The zero-order valence-corrected chi connectivity index (χ0v) is 17.9. The number of rotatable bonds is 6. The Morgan fingerprint density at radius 1 is 1.00 bits per heavy atom. The van der Waals surface area contributed by atoms with E-state index in [1.54, 1.807) is 37.4 Å². The number of carbonyl (C=O) groups excluding carboxylic acids is 2. The van der Waals surface area contributed by atoms with E-state index in [0.717, 1.165) is 9.87 Å². The van der Waals surface area contributed by atoms with Gasteiger partial charge in [-0.25, -0.2) is 13.5 Å². The highest BCUT2D eigenvalue weighted by Gasteiger charge is 2.18. The van der Waals surface area contributed by atoms with Gasteiger partial charge in [0.15, 0.2) is 0 Å². The predicted octanol–water partition coefficient (Wildman–Crippen LogP) is 5.21. The quantitative estimate of drug-likeness (QED) is 0.462. The van der Waals surface area contributed by atoms with Gasteiger partial charge in [0.05, 0.1) is 24.4 Å². The molecule has 6 nitrogen and oxygen atoms in total. The van der Waals surface area contributed by atoms with E-state index in [0.29, 0.717) is 17.1 Å². The first kappa shape index (κ1) is 22.2. The monoisotopic (exact) mass is 439 g/mol. The van der Waals surface area contributed by atoms with Gasteiger partial charge in [0.2, 0.25) is 0 Å². The zero-order valence-electron chi connectivity index (χ0n) is 17.0. The number of hydrogen-bond donors (Lipinski definition) is 3. The summed E-state index contributed by atoms with van der Waals surface area (Å²) in [5, 5.41) is 5.49. The minimum absolute atomic E-state index is 0.0490. The van der Waals surface area contributed by atoms with Gasteiger partial charge in [-0.1, -0.05) is 43.1 Å². The van der Waals surface area contributed by atoms with Crippen LogP contribution in [0, 0.1) is 5.82 Å². The van der Waals surface area contributed by atoms with Crippen molar-refractivity contribution in [3.8, 4) is 5.75 Å². The van der Waals surface area contributed by atoms with Crippen LogP contribution in [0.2, 0.25) is 0 Å². The number of para-hydroxylation sites is 1. The van der Waals surface area contributed by atoms with Crippen molar-refractivity contribution in [3.05, 3.63) is 89.7 Å². The average Bonchev–Trinajstić information content (AvgIpc) is 2.79. The molecule has 3 amide bonds. The van der Waals surface area contributed by atoms with Gasteiger partial charge >= 0.3 is 6.03 Å². The molecule has 0 spiro atoms. The average molecular weight is 440 g/mol. The highest BCUT2D eigenvalue weighted by atomic mass is 32.1. The van der Waals surface area contributed by atoms with Gasteiger partial charge in [0, 0.05) is 11.3 Å². The Morgan fingerprint density at radius 3 is 2.32 bits per heavy atom. The number of amides is 3. The second-order valence-corrected chi connectivity index (χ2v) is 7.11. The molecule has 1 atom stereocenters. The molecule has 0 aliphatic rings. The summed E-state index contributed by atoms with van der Waals surface area (Å²) in [7, 11) is 1.57. The van der Waals surface area contributed by atoms with Crippen molar-refractivity contribution in [2.75, 3.05) is 16.7 Å². The molecular weight excluding hydrogens is 417 g/mol. The van der Waals surface area contributed by atoms with E-state index >= 15 is 0 Å². The van der Waals surface area contributed by atoms with Crippen LogP contribution in [0.3, 0.4) is 0 Å². The lowest BCUT2D eigenvalue weighted by Gasteiger charge is -2.22. The van der Waals surface area contributed by atoms with Gasteiger partial charge in [0.1, 0.15) is 11.6 Å². The van der Waals surface area contributed by atoms with E-state index in [9.17, 15) is 14.0 Å². The highest BCUT2D eigenvalue weighted by molar-refractivity contribution is 7.82. The van der Waals surface area contributed by atoms with Crippen molar-refractivity contribution in [1.82, 2.24) is 5.32 Å². The van der Waals surface area contributed by atoms with Crippen LogP contribution >= 0.6 is 12.8 Å². The van der Waals surface area contributed by atoms with Crippen molar-refractivity contribution in [2.24, 2.45) is 0 Å². The summed E-state index contributed by atoms with van der Waals surface area (Å²) in [5.41, 5.74) is 1.75. The van der Waals surface area contributed by atoms with E-state index in [1.807, 2.05) is 31.2 Å². The number of nitrogens with one attached hydrogen (secondary N) is 2. The third-order valence-corrected chi connectivity index (χ3v) is 5.04. The normalized spacial score (nSPS) is 11.4. The van der Waals surface area contributed by atoms with Gasteiger partial charge in [-0.15, -0.1) is 0 Å². The van der Waals surface area contributed by atoms with E-state index in [2.05, 4.69) is 23.4 Å². The Labute approximate surface area is 185 Å². The van der Waals surface area contributed by atoms with Gasteiger partial charge in [-0.05, 0) is 49.4 Å². The van der Waals surface area contributed by atoms with Crippen LogP contribution in [0.5, 0.6) is 5.75 Å². The van der Waals surface area contributed by atoms with Gasteiger partial charge in [-0.3, -0.25) is 4.79 Å². The van der Waals surface area contributed by atoms with Gasteiger partial charge in [-0.2, -0.15) is 0 Å². The van der Waals surface area contributed by atoms with Gasteiger partial charge < -0.3 is 15.4 Å². The lowest BCUT2D eigenvalue weighted by Crippen LogP contribution is -2.35. The summed E-state index contributed by atoms with van der Waals surface area (Å²) in [5.74, 6) is -0.480. The van der Waals surface area contributed by atoms with Gasteiger partial charge in [0.25, 0.3) is 5.91 Å². The summed E-state index contributed by atoms with van der Waals surface area (Å²) in [6.07, 6.45) is 0. The number of benzene rings is 3. The van der Waals surface area contributed by atoms with Crippen molar-refractivity contribution in [3.63, 3.8) is 0 Å². The van der Waals surface area contributed by atoms with E-state index in [1.165, 1.54) is 18.2 Å². The Morgan fingerprint density at radius 2 is 1.65 bits per heavy atom. The molecule has 3 aromatic rings. The number of halogens is 1. The number of ether oxygens (including phenoxy) is 1. The maximum absolute atomic E-state index is 13.7. The smallest absolute Gasteiger partial charge is 0.332 e. The molecule has 0 radical (unpaired) electrons. The molecule has 0 aromatic heterocycles. The standard InChI is InChI=1S/C23H22FN3O3S/c1-15(18-7-4-6-10-21(18)30-2)25-23(29)27(31)17-13-11-16(12-14-17)26-22(28)19-8-3-5-9-20(19)24/h3-15,31H,1-2H3,(H,25,29)(H,26,28). The molecule has 0 heterocycles. The molecule has 0 fully saturated rings. The highest BCUT2D eigenvalue weighted by Crippen LogP contribution is 2.26. The fraction of sp³-hybridized carbons (Fsp3) is 0.130. The number of thiol groups is 1. The van der Waals surface area contributed by atoms with Crippen molar-refractivity contribution >= 4 is 36.1 Å². The van der Waals surface area contributed by atoms with Crippen LogP contribution in [0.25, 0.3) is 0 Å². The lowest BCUT2D eigenvalue weighted by molar-refractivity contribution is 0.102. The van der Waals surface area contributed by atoms with E-state index in [-0.39, 0.29) is 11.6 Å². The van der Waals surface area contributed by atoms with Crippen molar-refractivity contribution < 1.29 is 18.7 Å². The number of anilines is 2. The third-order valence-electron chi connectivity index (χ3n) is 4.63. The largest absolute Gasteiger partial charge is 0.496 e. The minimum Gasteiger partial charge on any atom is -0.496 e. The molecule has 31 heavy (non-hydrogen) atoms. The summed E-state index contributed by atoms with van der Waals surface area (Å²) >= 11 is 4.28. The lowest BCUT2D eigenvalue weighted by atomic mass is 10.1. The number of urea groups is 1. The molecule has 0 aliphatic heterocycles. The predicted molar refractivity (Wildman–Crippen MR) is 122 cm³/mol. The molecule has 0 aliphatic carbocycles. The topological polar surface area (TPSA) is 70.7 Å². The maximum atomic E-state index is 13.7. The first-order chi connectivity index (χ1) is 14.9. The summed E-state index contributed by atoms with van der Waals surface area (Å²) < 4.78 is 20.2. The zero-order chi connectivity index (χ0) is 22.4. The van der Waals surface area contributed by atoms with Crippen LogP contribution in [0.1, 0.15) is 28.9 Å². The van der Waals surface area contributed by atoms with Crippen molar-refractivity contribution in [1.29, 1.82) is 0 Å². The fourth-order valence-corrected chi connectivity index (χ4v) is 3.19. The first-order valence-corrected chi connectivity index (χ1v) is 9.89. The Bertz CT molecular complexity index is 1080. The molecular formula is C23H22FN3O3S. The third kappa shape index (κ3) is 5.35. The number of carbonyl (C=O) groups is 2. The second-order valence-electron chi connectivity index (χ2n) is 6.71. The number of methoxy groups -OCH3 is 1. The SMILES string of the molecule is COc1ccccc1C(C)NC(=O)N(S)c1ccc(NC(=O)c2ccccc2F)cc1. The first-order valence-electron chi connectivity index (χ1n) is 9.49. The van der Waals surface area contributed by atoms with E-state index in [4.69, 9.17) is 4.74 Å². The molecule has 0 bridgehead atoms. The van der Waals surface area contributed by atoms with Crippen LogP contribution in [-0.2, 0) is 0 Å². The van der Waals surface area contributed by atoms with Crippen LogP contribution in [0.4, 0.5) is 20.6 Å². The Kier molecular flexibility index (Phi) is 7.15.